The molecule has 2 rings (SSSR count). The Hall–Kier alpha value is -1.71. The number of carbonyl (C=O) groups is 1. The van der Waals surface area contributed by atoms with Crippen molar-refractivity contribution in [3.05, 3.63) is 24.3 Å². The number of ether oxygens (including phenoxy) is 1. The van der Waals surface area contributed by atoms with Crippen molar-refractivity contribution in [2.24, 2.45) is 0 Å². The Morgan fingerprint density at radius 2 is 2.28 bits per heavy atom. The molecule has 1 aliphatic heterocycles. The highest BCUT2D eigenvalue weighted by Crippen LogP contribution is 2.32. The molecule has 4 heteroatoms. The molecule has 0 spiro atoms. The van der Waals surface area contributed by atoms with E-state index in [1.165, 1.54) is 0 Å². The molecule has 1 aliphatic rings. The van der Waals surface area contributed by atoms with Crippen molar-refractivity contribution in [1.82, 2.24) is 0 Å². The molecule has 0 saturated heterocycles. The Morgan fingerprint density at radius 3 is 3.00 bits per heavy atom. The lowest BCUT2D eigenvalue weighted by Crippen LogP contribution is -2.41. The molecule has 1 atom stereocenters. The number of nitrogens with zero attached hydrogens (tertiary/aromatic N) is 1. The van der Waals surface area contributed by atoms with Crippen LogP contribution in [0.15, 0.2) is 24.3 Å². The molecule has 4 nitrogen and oxygen atoms in total. The van der Waals surface area contributed by atoms with E-state index in [9.17, 15) is 9.90 Å². The Kier molecular flexibility index (Phi) is 4.07. The monoisotopic (exact) mass is 249 g/mol. The molecule has 1 unspecified atom stereocenters. The minimum absolute atomic E-state index is 0.460. The van der Waals surface area contributed by atoms with Crippen LogP contribution in [-0.2, 0) is 4.79 Å². The van der Waals surface area contributed by atoms with Crippen molar-refractivity contribution in [3.63, 3.8) is 0 Å². The summed E-state index contributed by atoms with van der Waals surface area (Å²) in [5.41, 5.74) is 0.899. The number of hydrogen-bond donors (Lipinski definition) is 1. The maximum atomic E-state index is 11.4. The summed E-state index contributed by atoms with van der Waals surface area (Å²) in [6.07, 6.45) is 2.36. The predicted molar refractivity (Wildman–Crippen MR) is 70.2 cm³/mol. The summed E-state index contributed by atoms with van der Waals surface area (Å²) >= 11 is 0. The summed E-state index contributed by atoms with van der Waals surface area (Å²) in [6.45, 7) is 3.39. The first-order valence-corrected chi connectivity index (χ1v) is 6.45. The van der Waals surface area contributed by atoms with Crippen molar-refractivity contribution >= 4 is 11.7 Å². The zero-order valence-electron chi connectivity index (χ0n) is 10.6. The van der Waals surface area contributed by atoms with Crippen LogP contribution in [0.1, 0.15) is 26.2 Å². The van der Waals surface area contributed by atoms with Gasteiger partial charge in [0.25, 0.3) is 0 Å². The van der Waals surface area contributed by atoms with Gasteiger partial charge in [0.15, 0.2) is 0 Å². The van der Waals surface area contributed by atoms with Gasteiger partial charge in [0.2, 0.25) is 0 Å². The standard InChI is InChI=1S/C14H19NO3/c1-2-6-12(14(16)17)15-9-5-10-18-13-8-4-3-7-11(13)15/h3-4,7-8,12H,2,5-6,9-10H2,1H3,(H,16,17). The van der Waals surface area contributed by atoms with Crippen molar-refractivity contribution in [2.45, 2.75) is 32.2 Å². The Balaban J connectivity index is 2.33. The number of anilines is 1. The second kappa shape index (κ2) is 5.76. The number of fused-ring (bicyclic) bond motifs is 1. The molecular weight excluding hydrogens is 230 g/mol. The Bertz CT molecular complexity index is 419. The maximum Gasteiger partial charge on any atom is 0.326 e. The van der Waals surface area contributed by atoms with E-state index in [4.69, 9.17) is 4.74 Å². The van der Waals surface area contributed by atoms with Crippen LogP contribution in [0.25, 0.3) is 0 Å². The van der Waals surface area contributed by atoms with Gasteiger partial charge >= 0.3 is 5.97 Å². The lowest BCUT2D eigenvalue weighted by molar-refractivity contribution is -0.138. The van der Waals surface area contributed by atoms with Crippen LogP contribution < -0.4 is 9.64 Å². The topological polar surface area (TPSA) is 49.8 Å². The minimum atomic E-state index is -0.756. The number of benzene rings is 1. The molecule has 1 heterocycles. The van der Waals surface area contributed by atoms with Crippen LogP contribution in [0.4, 0.5) is 5.69 Å². The zero-order valence-corrected chi connectivity index (χ0v) is 10.6. The van der Waals surface area contributed by atoms with Crippen LogP contribution >= 0.6 is 0 Å². The van der Waals surface area contributed by atoms with Gasteiger partial charge in [-0.15, -0.1) is 0 Å². The SMILES string of the molecule is CCCC(C(=O)O)N1CCCOc2ccccc21. The molecule has 0 aromatic heterocycles. The lowest BCUT2D eigenvalue weighted by atomic mass is 10.1. The number of para-hydroxylation sites is 2. The summed E-state index contributed by atoms with van der Waals surface area (Å²) in [7, 11) is 0. The molecular formula is C14H19NO3. The van der Waals surface area contributed by atoms with Crippen LogP contribution in [-0.4, -0.2) is 30.3 Å². The predicted octanol–water partition coefficient (Wildman–Crippen LogP) is 2.53. The summed E-state index contributed by atoms with van der Waals surface area (Å²) < 4.78 is 5.65. The average molecular weight is 249 g/mol. The van der Waals surface area contributed by atoms with Crippen molar-refractivity contribution in [2.75, 3.05) is 18.1 Å². The van der Waals surface area contributed by atoms with E-state index in [0.717, 1.165) is 30.8 Å². The van der Waals surface area contributed by atoms with Gasteiger partial charge in [0, 0.05) is 6.54 Å². The molecule has 0 bridgehead atoms. The minimum Gasteiger partial charge on any atom is -0.491 e. The third-order valence-corrected chi connectivity index (χ3v) is 3.20. The van der Waals surface area contributed by atoms with E-state index in [1.54, 1.807) is 0 Å². The molecule has 0 fully saturated rings. The molecule has 0 radical (unpaired) electrons. The first kappa shape index (κ1) is 12.7. The van der Waals surface area contributed by atoms with E-state index in [-0.39, 0.29) is 0 Å². The summed E-state index contributed by atoms with van der Waals surface area (Å²) in [6, 6.07) is 7.21. The second-order valence-electron chi connectivity index (χ2n) is 4.51. The fraction of sp³-hybridized carbons (Fsp3) is 0.500. The highest BCUT2D eigenvalue weighted by atomic mass is 16.5. The first-order chi connectivity index (χ1) is 8.74. The van der Waals surface area contributed by atoms with Crippen molar-refractivity contribution in [1.29, 1.82) is 0 Å². The zero-order chi connectivity index (χ0) is 13.0. The van der Waals surface area contributed by atoms with E-state index >= 15 is 0 Å². The second-order valence-corrected chi connectivity index (χ2v) is 4.51. The largest absolute Gasteiger partial charge is 0.491 e. The van der Waals surface area contributed by atoms with Crippen molar-refractivity contribution in [3.8, 4) is 5.75 Å². The molecule has 1 aromatic rings. The Labute approximate surface area is 107 Å². The molecule has 0 saturated carbocycles. The van der Waals surface area contributed by atoms with Crippen LogP contribution in [0, 0.1) is 0 Å². The fourth-order valence-corrected chi connectivity index (χ4v) is 2.36. The number of hydrogen-bond acceptors (Lipinski definition) is 3. The van der Waals surface area contributed by atoms with Gasteiger partial charge in [-0.2, -0.15) is 0 Å². The van der Waals surface area contributed by atoms with Gasteiger partial charge in [-0.3, -0.25) is 0 Å². The van der Waals surface area contributed by atoms with Gasteiger partial charge in [-0.1, -0.05) is 25.5 Å². The normalized spacial score (nSPS) is 16.4. The highest BCUT2D eigenvalue weighted by Gasteiger charge is 2.28. The molecule has 1 N–H and O–H groups in total. The highest BCUT2D eigenvalue weighted by molar-refractivity contribution is 5.79. The van der Waals surface area contributed by atoms with E-state index in [1.807, 2.05) is 36.1 Å². The fourth-order valence-electron chi connectivity index (χ4n) is 2.36. The molecule has 0 aliphatic carbocycles. The molecule has 98 valence electrons. The van der Waals surface area contributed by atoms with Crippen LogP contribution in [0.2, 0.25) is 0 Å². The maximum absolute atomic E-state index is 11.4. The molecule has 0 amide bonds. The lowest BCUT2D eigenvalue weighted by Gasteiger charge is -2.30. The third kappa shape index (κ3) is 2.58. The number of aliphatic carboxylic acids is 1. The number of rotatable bonds is 4. The molecule has 1 aromatic carbocycles. The van der Waals surface area contributed by atoms with Crippen LogP contribution in [0.5, 0.6) is 5.75 Å². The molecule has 18 heavy (non-hydrogen) atoms. The Morgan fingerprint density at radius 1 is 1.50 bits per heavy atom. The van der Waals surface area contributed by atoms with Crippen molar-refractivity contribution < 1.29 is 14.6 Å². The van der Waals surface area contributed by atoms with Gasteiger partial charge in [-0.05, 0) is 25.0 Å². The van der Waals surface area contributed by atoms with Gasteiger partial charge < -0.3 is 14.7 Å². The van der Waals surface area contributed by atoms with Crippen LogP contribution in [0.3, 0.4) is 0 Å². The smallest absolute Gasteiger partial charge is 0.326 e. The number of carboxylic acid groups (broad SMARTS) is 1. The number of carboxylic acids is 1. The van der Waals surface area contributed by atoms with E-state index < -0.39 is 12.0 Å². The summed E-state index contributed by atoms with van der Waals surface area (Å²) in [4.78, 5) is 13.4. The van der Waals surface area contributed by atoms with E-state index in [0.29, 0.717) is 13.0 Å². The van der Waals surface area contributed by atoms with E-state index in [2.05, 4.69) is 0 Å². The van der Waals surface area contributed by atoms with Gasteiger partial charge in [0.1, 0.15) is 11.8 Å². The first-order valence-electron chi connectivity index (χ1n) is 6.45. The van der Waals surface area contributed by atoms with Gasteiger partial charge in [0.05, 0.1) is 12.3 Å². The third-order valence-electron chi connectivity index (χ3n) is 3.20. The quantitative estimate of drug-likeness (QED) is 0.890. The average Bonchev–Trinajstić information content (AvgIpc) is 2.58. The summed E-state index contributed by atoms with van der Waals surface area (Å²) in [5.74, 6) is 0.0332. The van der Waals surface area contributed by atoms with Gasteiger partial charge in [-0.25, -0.2) is 4.79 Å². The summed E-state index contributed by atoms with van der Waals surface area (Å²) in [5, 5.41) is 9.39.